The van der Waals surface area contributed by atoms with Crippen molar-refractivity contribution >= 4 is 44.4 Å². The number of carbonyl (C=O) groups is 1. The Morgan fingerprint density at radius 3 is 2.65 bits per heavy atom. The molecule has 0 aliphatic carbocycles. The summed E-state index contributed by atoms with van der Waals surface area (Å²) in [4.78, 5) is 25.5. The second-order valence-electron chi connectivity index (χ2n) is 6.73. The van der Waals surface area contributed by atoms with E-state index in [1.54, 1.807) is 22.9 Å². The van der Waals surface area contributed by atoms with E-state index in [4.69, 9.17) is 9.72 Å². The Morgan fingerprint density at radius 2 is 1.94 bits per heavy atom. The number of hydrogen-bond acceptors (Lipinski definition) is 6. The molecule has 0 saturated carbocycles. The molecule has 0 radical (unpaired) electrons. The third-order valence-electron chi connectivity index (χ3n) is 4.59. The summed E-state index contributed by atoms with van der Waals surface area (Å²) in [7, 11) is 0. The smallest absolute Gasteiger partial charge is 0.260 e. The van der Waals surface area contributed by atoms with Crippen molar-refractivity contribution in [2.24, 2.45) is 0 Å². The molecule has 4 rings (SSSR count). The van der Waals surface area contributed by atoms with Crippen LogP contribution in [0.5, 0.6) is 5.75 Å². The lowest BCUT2D eigenvalue weighted by Gasteiger charge is -2.19. The van der Waals surface area contributed by atoms with Gasteiger partial charge >= 0.3 is 0 Å². The number of nitrogens with zero attached hydrogens (tertiary/aromatic N) is 3. The molecule has 7 heteroatoms. The van der Waals surface area contributed by atoms with Gasteiger partial charge in [0.1, 0.15) is 5.75 Å². The number of rotatable bonds is 8. The topological polar surface area (TPSA) is 55.3 Å². The van der Waals surface area contributed by atoms with Gasteiger partial charge in [-0.1, -0.05) is 24.3 Å². The molecule has 0 atom stereocenters. The summed E-state index contributed by atoms with van der Waals surface area (Å²) in [6, 6.07) is 19.3. The average Bonchev–Trinajstić information content (AvgIpc) is 3.22. The lowest BCUT2D eigenvalue weighted by molar-refractivity contribution is 0.0984. The molecule has 2 aromatic heterocycles. The van der Waals surface area contributed by atoms with E-state index in [2.05, 4.69) is 11.9 Å². The maximum absolute atomic E-state index is 13.5. The highest BCUT2D eigenvalue weighted by Crippen LogP contribution is 2.33. The molecule has 0 aliphatic rings. The van der Waals surface area contributed by atoms with Crippen LogP contribution in [0.25, 0.3) is 10.2 Å². The number of ether oxygens (including phenoxy) is 1. The van der Waals surface area contributed by atoms with Crippen molar-refractivity contribution in [2.45, 2.75) is 25.3 Å². The second kappa shape index (κ2) is 9.94. The van der Waals surface area contributed by atoms with Crippen molar-refractivity contribution in [1.82, 2.24) is 9.97 Å². The van der Waals surface area contributed by atoms with Crippen LogP contribution < -0.4 is 9.64 Å². The Balaban J connectivity index is 1.70. The summed E-state index contributed by atoms with van der Waals surface area (Å²) in [5.41, 5.74) is 2.28. The van der Waals surface area contributed by atoms with Gasteiger partial charge in [-0.05, 0) is 67.3 Å². The van der Waals surface area contributed by atoms with Gasteiger partial charge in [0.2, 0.25) is 0 Å². The van der Waals surface area contributed by atoms with Crippen LogP contribution >= 0.6 is 23.1 Å². The highest BCUT2D eigenvalue weighted by Gasteiger charge is 2.22. The predicted molar refractivity (Wildman–Crippen MR) is 128 cm³/mol. The van der Waals surface area contributed by atoms with Gasteiger partial charge in [-0.25, -0.2) is 4.98 Å². The molecule has 0 fully saturated rings. The minimum Gasteiger partial charge on any atom is -0.494 e. The van der Waals surface area contributed by atoms with Crippen LogP contribution in [0.4, 0.5) is 5.13 Å². The maximum Gasteiger partial charge on any atom is 0.260 e. The number of amides is 1. The van der Waals surface area contributed by atoms with Crippen molar-refractivity contribution < 1.29 is 9.53 Å². The molecule has 0 unspecified atom stereocenters. The fourth-order valence-corrected chi connectivity index (χ4v) is 4.81. The quantitative estimate of drug-likeness (QED) is 0.307. The van der Waals surface area contributed by atoms with Gasteiger partial charge in [0.05, 0.1) is 29.1 Å². The first kappa shape index (κ1) is 21.3. The van der Waals surface area contributed by atoms with Gasteiger partial charge < -0.3 is 4.74 Å². The summed E-state index contributed by atoms with van der Waals surface area (Å²) in [5.74, 6) is 1.70. The third-order valence-corrected chi connectivity index (χ3v) is 6.53. The molecule has 158 valence electrons. The second-order valence-corrected chi connectivity index (χ2v) is 9.08. The lowest BCUT2D eigenvalue weighted by Crippen LogP contribution is -2.30. The molecule has 0 spiro atoms. The summed E-state index contributed by atoms with van der Waals surface area (Å²) >= 11 is 3.24. The van der Waals surface area contributed by atoms with Crippen molar-refractivity contribution in [3.63, 3.8) is 0 Å². The van der Waals surface area contributed by atoms with Gasteiger partial charge in [-0.3, -0.25) is 14.7 Å². The van der Waals surface area contributed by atoms with Gasteiger partial charge in [0.15, 0.2) is 5.13 Å². The largest absolute Gasteiger partial charge is 0.494 e. The number of carbonyl (C=O) groups excluding carboxylic acids is 1. The molecule has 0 saturated heterocycles. The molecule has 2 aromatic carbocycles. The monoisotopic (exact) mass is 449 g/mol. The molecule has 0 aliphatic heterocycles. The molecule has 0 bridgehead atoms. The Bertz CT molecular complexity index is 1160. The van der Waals surface area contributed by atoms with Crippen LogP contribution in [0.1, 0.15) is 29.9 Å². The van der Waals surface area contributed by atoms with Gasteiger partial charge in [-0.15, -0.1) is 11.8 Å². The zero-order valence-electron chi connectivity index (χ0n) is 17.4. The summed E-state index contributed by atoms with van der Waals surface area (Å²) in [5, 5.41) is 0.645. The Kier molecular flexibility index (Phi) is 6.84. The summed E-state index contributed by atoms with van der Waals surface area (Å²) in [6.45, 7) is 5.03. The number of pyridine rings is 1. The van der Waals surface area contributed by atoms with Crippen molar-refractivity contribution in [3.8, 4) is 5.75 Å². The number of thiazole rings is 1. The number of anilines is 1. The SMILES string of the molecule is CCOc1ccc2nc(N(Cc3ccccn3)C(=O)c3ccc(SCC)cc3)sc2c1. The Hall–Kier alpha value is -2.90. The van der Waals surface area contributed by atoms with E-state index in [9.17, 15) is 4.79 Å². The van der Waals surface area contributed by atoms with Crippen molar-refractivity contribution in [1.29, 1.82) is 0 Å². The summed E-state index contributed by atoms with van der Waals surface area (Å²) in [6.07, 6.45) is 1.74. The highest BCUT2D eigenvalue weighted by molar-refractivity contribution is 7.99. The third kappa shape index (κ3) is 5.06. The highest BCUT2D eigenvalue weighted by atomic mass is 32.2. The Labute approximate surface area is 190 Å². The first-order valence-corrected chi connectivity index (χ1v) is 12.0. The van der Waals surface area contributed by atoms with E-state index < -0.39 is 0 Å². The summed E-state index contributed by atoms with van der Waals surface area (Å²) < 4.78 is 6.59. The maximum atomic E-state index is 13.5. The normalized spacial score (nSPS) is 10.9. The van der Waals surface area contributed by atoms with Gasteiger partial charge in [-0.2, -0.15) is 0 Å². The van der Waals surface area contributed by atoms with E-state index in [0.29, 0.717) is 23.8 Å². The van der Waals surface area contributed by atoms with Crippen LogP contribution in [-0.2, 0) is 6.54 Å². The van der Waals surface area contributed by atoms with E-state index in [0.717, 1.165) is 32.3 Å². The molecule has 4 aromatic rings. The minimum absolute atomic E-state index is 0.0946. The van der Waals surface area contributed by atoms with E-state index >= 15 is 0 Å². The van der Waals surface area contributed by atoms with Crippen LogP contribution in [0, 0.1) is 0 Å². The average molecular weight is 450 g/mol. The first-order chi connectivity index (χ1) is 15.2. The predicted octanol–water partition coefficient (Wildman–Crippen LogP) is 6.05. The molecule has 31 heavy (non-hydrogen) atoms. The zero-order chi connectivity index (χ0) is 21.6. The van der Waals surface area contributed by atoms with Crippen molar-refractivity contribution in [2.75, 3.05) is 17.3 Å². The minimum atomic E-state index is -0.0946. The zero-order valence-corrected chi connectivity index (χ0v) is 19.1. The Morgan fingerprint density at radius 1 is 1.10 bits per heavy atom. The van der Waals surface area contributed by atoms with Gasteiger partial charge in [0, 0.05) is 16.7 Å². The number of benzene rings is 2. The molecular weight excluding hydrogens is 426 g/mol. The molecule has 1 amide bonds. The van der Waals surface area contributed by atoms with E-state index in [-0.39, 0.29) is 5.91 Å². The number of fused-ring (bicyclic) bond motifs is 1. The van der Waals surface area contributed by atoms with Gasteiger partial charge in [0.25, 0.3) is 5.91 Å². The lowest BCUT2D eigenvalue weighted by atomic mass is 10.2. The molecule has 5 nitrogen and oxygen atoms in total. The fraction of sp³-hybridized carbons (Fsp3) is 0.208. The van der Waals surface area contributed by atoms with Crippen LogP contribution in [0.3, 0.4) is 0 Å². The number of aromatic nitrogens is 2. The van der Waals surface area contributed by atoms with Crippen LogP contribution in [-0.4, -0.2) is 28.2 Å². The first-order valence-electron chi connectivity index (χ1n) is 10.2. The number of hydrogen-bond donors (Lipinski definition) is 0. The standard InChI is InChI=1S/C24H23N3O2S2/c1-3-29-19-10-13-21-22(15-19)31-24(26-21)27(16-18-7-5-6-14-25-18)23(28)17-8-11-20(12-9-17)30-4-2/h5-15H,3-4,16H2,1-2H3. The molecule has 2 heterocycles. The molecular formula is C24H23N3O2S2. The molecule has 0 N–H and O–H groups in total. The van der Waals surface area contributed by atoms with E-state index in [1.807, 2.05) is 67.6 Å². The van der Waals surface area contributed by atoms with E-state index in [1.165, 1.54) is 11.3 Å². The fourth-order valence-electron chi connectivity index (χ4n) is 3.16. The van der Waals surface area contributed by atoms with Crippen LogP contribution in [0.15, 0.2) is 71.8 Å². The van der Waals surface area contributed by atoms with Crippen molar-refractivity contribution in [3.05, 3.63) is 78.1 Å². The van der Waals surface area contributed by atoms with Crippen LogP contribution in [0.2, 0.25) is 0 Å². The number of thioether (sulfide) groups is 1.